The molecule has 2 aliphatic rings. The fraction of sp³-hybridized carbons (Fsp3) is 0.318. The monoisotopic (exact) mass is 426 g/mol. The highest BCUT2D eigenvalue weighted by Gasteiger charge is 2.25. The van der Waals surface area contributed by atoms with E-state index in [1.165, 1.54) is 12.1 Å². The number of piperazine rings is 1. The fourth-order valence-corrected chi connectivity index (χ4v) is 3.75. The molecule has 2 heterocycles. The van der Waals surface area contributed by atoms with Crippen molar-refractivity contribution in [1.82, 2.24) is 4.90 Å². The number of carbonyl (C=O) groups is 3. The van der Waals surface area contributed by atoms with Crippen LogP contribution in [0.1, 0.15) is 0 Å². The Hall–Kier alpha value is -3.62. The first-order chi connectivity index (χ1) is 15.0. The highest BCUT2D eigenvalue weighted by atomic mass is 19.1. The van der Waals surface area contributed by atoms with Crippen molar-refractivity contribution in [1.29, 1.82) is 0 Å². The average Bonchev–Trinajstić information content (AvgIpc) is 2.78. The summed E-state index contributed by atoms with van der Waals surface area (Å²) in [7, 11) is 0. The van der Waals surface area contributed by atoms with E-state index in [4.69, 9.17) is 4.74 Å². The molecule has 1 N–H and O–H groups in total. The minimum absolute atomic E-state index is 0.0470. The lowest BCUT2D eigenvalue weighted by Crippen LogP contribution is -2.50. The molecule has 9 heteroatoms. The van der Waals surface area contributed by atoms with Crippen LogP contribution < -0.4 is 15.1 Å². The molecule has 2 aromatic rings. The molecule has 1 saturated heterocycles. The number of halogens is 1. The molecule has 2 aliphatic heterocycles. The van der Waals surface area contributed by atoms with E-state index < -0.39 is 5.97 Å². The number of esters is 1. The van der Waals surface area contributed by atoms with Crippen molar-refractivity contribution in [2.45, 2.75) is 0 Å². The third-order valence-electron chi connectivity index (χ3n) is 5.35. The van der Waals surface area contributed by atoms with Crippen molar-refractivity contribution in [3.05, 3.63) is 54.3 Å². The summed E-state index contributed by atoms with van der Waals surface area (Å²) in [4.78, 5) is 41.9. The zero-order valence-electron chi connectivity index (χ0n) is 16.9. The van der Waals surface area contributed by atoms with E-state index in [0.29, 0.717) is 31.9 Å². The number of nitrogens with one attached hydrogen (secondary N) is 1. The first kappa shape index (κ1) is 20.6. The summed E-state index contributed by atoms with van der Waals surface area (Å²) < 4.78 is 18.3. The Morgan fingerprint density at radius 3 is 2.45 bits per heavy atom. The van der Waals surface area contributed by atoms with Crippen LogP contribution in [0.5, 0.6) is 0 Å². The van der Waals surface area contributed by atoms with E-state index in [-0.39, 0.29) is 37.3 Å². The van der Waals surface area contributed by atoms with Crippen LogP contribution in [0.15, 0.2) is 48.5 Å². The molecule has 162 valence electrons. The van der Waals surface area contributed by atoms with Crippen LogP contribution >= 0.6 is 0 Å². The SMILES string of the molecule is O=C1CN(CC(=O)OCC(=O)N2CCN(c3ccc(F)cc3)CC2)c2ccccc2N1. The molecule has 0 radical (unpaired) electrons. The number of anilines is 3. The quantitative estimate of drug-likeness (QED) is 0.730. The second-order valence-corrected chi connectivity index (χ2v) is 7.43. The lowest BCUT2D eigenvalue weighted by molar-refractivity contribution is -0.151. The molecule has 2 aromatic carbocycles. The van der Waals surface area contributed by atoms with Gasteiger partial charge >= 0.3 is 5.97 Å². The van der Waals surface area contributed by atoms with Gasteiger partial charge in [0.15, 0.2) is 6.61 Å². The summed E-state index contributed by atoms with van der Waals surface area (Å²) >= 11 is 0. The Labute approximate surface area is 179 Å². The molecular formula is C22H23FN4O4. The number of hydrogen-bond donors (Lipinski definition) is 1. The molecule has 0 aromatic heterocycles. The maximum absolute atomic E-state index is 13.1. The van der Waals surface area contributed by atoms with Crippen LogP contribution in [0.2, 0.25) is 0 Å². The zero-order valence-corrected chi connectivity index (χ0v) is 16.9. The lowest BCUT2D eigenvalue weighted by Gasteiger charge is -2.36. The Morgan fingerprint density at radius 1 is 1.00 bits per heavy atom. The summed E-state index contributed by atoms with van der Waals surface area (Å²) in [5.41, 5.74) is 2.29. The van der Waals surface area contributed by atoms with E-state index >= 15 is 0 Å². The van der Waals surface area contributed by atoms with Crippen molar-refractivity contribution in [2.75, 3.05) is 61.0 Å². The molecule has 8 nitrogen and oxygen atoms in total. The molecule has 0 spiro atoms. The Bertz CT molecular complexity index is 974. The number of benzene rings is 2. The minimum atomic E-state index is -0.567. The van der Waals surface area contributed by atoms with Gasteiger partial charge in [-0.1, -0.05) is 12.1 Å². The molecule has 0 aliphatic carbocycles. The van der Waals surface area contributed by atoms with Crippen molar-refractivity contribution >= 4 is 34.8 Å². The van der Waals surface area contributed by atoms with E-state index in [0.717, 1.165) is 11.4 Å². The van der Waals surface area contributed by atoms with Crippen LogP contribution in [-0.4, -0.2) is 68.6 Å². The standard InChI is InChI=1S/C22H23FN4O4/c23-16-5-7-17(8-6-16)25-9-11-26(12-10-25)21(29)15-31-22(30)14-27-13-20(28)24-18-3-1-2-4-19(18)27/h1-8H,9-15H2,(H,24,28). The largest absolute Gasteiger partial charge is 0.454 e. The number of nitrogens with zero attached hydrogens (tertiary/aromatic N) is 3. The summed E-state index contributed by atoms with van der Waals surface area (Å²) in [5, 5.41) is 2.76. The molecule has 2 amide bonds. The van der Waals surface area contributed by atoms with Gasteiger partial charge in [-0.25, -0.2) is 4.39 Å². The molecule has 0 atom stereocenters. The van der Waals surface area contributed by atoms with Crippen LogP contribution in [0.4, 0.5) is 21.5 Å². The molecule has 0 saturated carbocycles. The van der Waals surface area contributed by atoms with Crippen molar-refractivity contribution < 1.29 is 23.5 Å². The zero-order chi connectivity index (χ0) is 21.8. The van der Waals surface area contributed by atoms with E-state index in [2.05, 4.69) is 10.2 Å². The van der Waals surface area contributed by atoms with E-state index in [1.54, 1.807) is 34.1 Å². The van der Waals surface area contributed by atoms with Gasteiger partial charge in [0.05, 0.1) is 17.9 Å². The van der Waals surface area contributed by atoms with Gasteiger partial charge in [-0.2, -0.15) is 0 Å². The molecule has 0 bridgehead atoms. The Morgan fingerprint density at radius 2 is 1.71 bits per heavy atom. The van der Waals surface area contributed by atoms with Gasteiger partial charge in [-0.05, 0) is 36.4 Å². The van der Waals surface area contributed by atoms with Crippen molar-refractivity contribution in [2.24, 2.45) is 0 Å². The highest BCUT2D eigenvalue weighted by molar-refractivity contribution is 6.02. The fourth-order valence-electron chi connectivity index (χ4n) is 3.75. The predicted octanol–water partition coefficient (Wildman–Crippen LogP) is 1.48. The highest BCUT2D eigenvalue weighted by Crippen LogP contribution is 2.28. The van der Waals surface area contributed by atoms with Gasteiger partial charge in [0.1, 0.15) is 12.4 Å². The van der Waals surface area contributed by atoms with Crippen molar-refractivity contribution in [3.63, 3.8) is 0 Å². The van der Waals surface area contributed by atoms with Gasteiger partial charge in [0.25, 0.3) is 5.91 Å². The maximum Gasteiger partial charge on any atom is 0.326 e. The first-order valence-corrected chi connectivity index (χ1v) is 10.1. The lowest BCUT2D eigenvalue weighted by atomic mass is 10.2. The summed E-state index contributed by atoms with van der Waals surface area (Å²) in [5.74, 6) is -1.32. The number of rotatable bonds is 5. The van der Waals surface area contributed by atoms with Crippen LogP contribution in [0.25, 0.3) is 0 Å². The Kier molecular flexibility index (Phi) is 6.01. The van der Waals surface area contributed by atoms with Crippen LogP contribution in [-0.2, 0) is 19.1 Å². The van der Waals surface area contributed by atoms with Crippen LogP contribution in [0, 0.1) is 5.82 Å². The topological polar surface area (TPSA) is 82.2 Å². The van der Waals surface area contributed by atoms with E-state index in [1.807, 2.05) is 12.1 Å². The smallest absolute Gasteiger partial charge is 0.326 e. The normalized spacial score (nSPS) is 15.9. The molecule has 0 unspecified atom stereocenters. The summed E-state index contributed by atoms with van der Waals surface area (Å²) in [6.45, 7) is 1.81. The molecule has 4 rings (SSSR count). The number of ether oxygens (including phenoxy) is 1. The van der Waals surface area contributed by atoms with Gasteiger partial charge in [-0.15, -0.1) is 0 Å². The second-order valence-electron chi connectivity index (χ2n) is 7.43. The number of fused-ring (bicyclic) bond motifs is 1. The molecule has 1 fully saturated rings. The van der Waals surface area contributed by atoms with E-state index in [9.17, 15) is 18.8 Å². The third kappa shape index (κ3) is 4.93. The molecule has 31 heavy (non-hydrogen) atoms. The predicted molar refractivity (Wildman–Crippen MR) is 113 cm³/mol. The average molecular weight is 426 g/mol. The van der Waals surface area contributed by atoms with Gasteiger partial charge < -0.3 is 24.8 Å². The number of hydrogen-bond acceptors (Lipinski definition) is 6. The van der Waals surface area contributed by atoms with Crippen molar-refractivity contribution in [3.8, 4) is 0 Å². The Balaban J connectivity index is 1.24. The second kappa shape index (κ2) is 9.03. The van der Waals surface area contributed by atoms with Crippen LogP contribution in [0.3, 0.4) is 0 Å². The first-order valence-electron chi connectivity index (χ1n) is 10.1. The number of amides is 2. The van der Waals surface area contributed by atoms with Gasteiger partial charge in [0, 0.05) is 31.9 Å². The minimum Gasteiger partial charge on any atom is -0.454 e. The number of carbonyl (C=O) groups excluding carboxylic acids is 3. The van der Waals surface area contributed by atoms with Gasteiger partial charge in [-0.3, -0.25) is 14.4 Å². The van der Waals surface area contributed by atoms with Gasteiger partial charge in [0.2, 0.25) is 5.91 Å². The maximum atomic E-state index is 13.1. The number of para-hydroxylation sites is 2. The summed E-state index contributed by atoms with van der Waals surface area (Å²) in [6, 6.07) is 13.5. The summed E-state index contributed by atoms with van der Waals surface area (Å²) in [6.07, 6.45) is 0. The third-order valence-corrected chi connectivity index (χ3v) is 5.35. The molecular weight excluding hydrogens is 403 g/mol.